The zero-order chi connectivity index (χ0) is 13.2. The molecule has 2 nitrogen and oxygen atoms in total. The van der Waals surface area contributed by atoms with Crippen LogP contribution in [0.4, 0.5) is 17.6 Å². The molecule has 0 aromatic heterocycles. The SMILES string of the molecule is CC(C)(CCCC(F)(F)C(F)(F)Br)C(=O)[O-]. The molecule has 0 aliphatic heterocycles. The zero-order valence-electron chi connectivity index (χ0n) is 8.83. The van der Waals surface area contributed by atoms with Crippen LogP contribution in [0.3, 0.4) is 0 Å². The van der Waals surface area contributed by atoms with Crippen LogP contribution >= 0.6 is 15.9 Å². The molecule has 0 rings (SSSR count). The number of alkyl halides is 5. The standard InChI is InChI=1S/C9H13BrF4O2/c1-7(2,6(15)16)4-3-5-8(11,12)9(10,13)14/h3-5H2,1-2H3,(H,15,16)/p-1. The number of hydrogen-bond acceptors (Lipinski definition) is 2. The summed E-state index contributed by atoms with van der Waals surface area (Å²) in [6, 6.07) is 0. The minimum atomic E-state index is -4.27. The second-order valence-corrected chi connectivity index (χ2v) is 5.22. The molecule has 0 aromatic carbocycles. The molecule has 0 amide bonds. The second-order valence-electron chi connectivity index (χ2n) is 4.23. The average Bonchev–Trinajstić information content (AvgIpc) is 2.00. The summed E-state index contributed by atoms with van der Waals surface area (Å²) in [6.07, 6.45) is -1.55. The van der Waals surface area contributed by atoms with Crippen LogP contribution in [0.5, 0.6) is 0 Å². The topological polar surface area (TPSA) is 40.1 Å². The summed E-state index contributed by atoms with van der Waals surface area (Å²) in [6.45, 7) is 2.60. The molecule has 0 heterocycles. The summed E-state index contributed by atoms with van der Waals surface area (Å²) in [7, 11) is 0. The number of carboxylic acids is 1. The van der Waals surface area contributed by atoms with E-state index in [2.05, 4.69) is 0 Å². The molecule has 0 fully saturated rings. The second kappa shape index (κ2) is 4.89. The lowest BCUT2D eigenvalue weighted by Crippen LogP contribution is -2.39. The fraction of sp³-hybridized carbons (Fsp3) is 0.889. The van der Waals surface area contributed by atoms with E-state index in [1.165, 1.54) is 13.8 Å². The van der Waals surface area contributed by atoms with E-state index in [0.29, 0.717) is 0 Å². The molecule has 0 aromatic rings. The van der Waals surface area contributed by atoms with Crippen LogP contribution in [0.25, 0.3) is 0 Å². The van der Waals surface area contributed by atoms with Gasteiger partial charge in [-0.15, -0.1) is 0 Å². The van der Waals surface area contributed by atoms with Crippen LogP contribution < -0.4 is 5.11 Å². The van der Waals surface area contributed by atoms with Crippen molar-refractivity contribution in [2.75, 3.05) is 0 Å². The van der Waals surface area contributed by atoms with Crippen LogP contribution in [-0.2, 0) is 4.79 Å². The highest BCUT2D eigenvalue weighted by Crippen LogP contribution is 2.43. The van der Waals surface area contributed by atoms with E-state index < -0.39 is 28.6 Å². The highest BCUT2D eigenvalue weighted by Gasteiger charge is 2.53. The smallest absolute Gasteiger partial charge is 0.363 e. The molecule has 0 radical (unpaired) electrons. The van der Waals surface area contributed by atoms with Gasteiger partial charge in [-0.2, -0.15) is 17.6 Å². The molecule has 96 valence electrons. The van der Waals surface area contributed by atoms with Crippen LogP contribution in [0.15, 0.2) is 0 Å². The molecule has 16 heavy (non-hydrogen) atoms. The van der Waals surface area contributed by atoms with Crippen LogP contribution in [0.2, 0.25) is 0 Å². The molecule has 0 saturated carbocycles. The molecule has 0 bridgehead atoms. The normalized spacial score (nSPS) is 13.9. The van der Waals surface area contributed by atoms with Crippen molar-refractivity contribution in [1.82, 2.24) is 0 Å². The Hall–Kier alpha value is -0.330. The summed E-state index contributed by atoms with van der Waals surface area (Å²) >= 11 is 1.60. The largest absolute Gasteiger partial charge is 0.550 e. The maximum Gasteiger partial charge on any atom is 0.363 e. The number of rotatable bonds is 6. The van der Waals surface area contributed by atoms with Gasteiger partial charge in [0.05, 0.1) is 0 Å². The van der Waals surface area contributed by atoms with E-state index in [1.54, 1.807) is 15.9 Å². The van der Waals surface area contributed by atoms with Crippen LogP contribution in [0, 0.1) is 5.41 Å². The quantitative estimate of drug-likeness (QED) is 0.559. The molecule has 0 N–H and O–H groups in total. The summed E-state index contributed by atoms with van der Waals surface area (Å²) in [5.74, 6) is -5.57. The van der Waals surface area contributed by atoms with E-state index in [0.717, 1.165) is 0 Å². The number of halogens is 5. The predicted molar refractivity (Wildman–Crippen MR) is 51.5 cm³/mol. The third-order valence-corrected chi connectivity index (χ3v) is 2.84. The molecule has 0 aliphatic rings. The van der Waals surface area contributed by atoms with Gasteiger partial charge in [0.2, 0.25) is 0 Å². The van der Waals surface area contributed by atoms with Gasteiger partial charge in [-0.1, -0.05) is 13.8 Å². The number of hydrogen-bond donors (Lipinski definition) is 0. The first-order chi connectivity index (χ1) is 6.90. The van der Waals surface area contributed by atoms with Crippen LogP contribution in [-0.4, -0.2) is 16.7 Å². The van der Waals surface area contributed by atoms with Crippen molar-refractivity contribution in [3.05, 3.63) is 0 Å². The van der Waals surface area contributed by atoms with Gasteiger partial charge in [-0.25, -0.2) is 0 Å². The highest BCUT2D eigenvalue weighted by molar-refractivity contribution is 9.10. The Kier molecular flexibility index (Phi) is 4.79. The monoisotopic (exact) mass is 307 g/mol. The van der Waals surface area contributed by atoms with Crippen molar-refractivity contribution < 1.29 is 27.5 Å². The number of carbonyl (C=O) groups excluding carboxylic acids is 1. The Bertz CT molecular complexity index is 261. The van der Waals surface area contributed by atoms with Gasteiger partial charge >= 0.3 is 10.8 Å². The predicted octanol–water partition coefficient (Wildman–Crippen LogP) is 2.56. The molecular formula is C9H12BrF4O2-. The Morgan fingerprint density at radius 2 is 1.62 bits per heavy atom. The zero-order valence-corrected chi connectivity index (χ0v) is 10.4. The Balaban J connectivity index is 4.24. The molecule has 0 aliphatic carbocycles. The average molecular weight is 308 g/mol. The number of carbonyl (C=O) groups is 1. The van der Waals surface area contributed by atoms with Crippen molar-refractivity contribution in [3.63, 3.8) is 0 Å². The van der Waals surface area contributed by atoms with Crippen molar-refractivity contribution in [3.8, 4) is 0 Å². The van der Waals surface area contributed by atoms with Gasteiger partial charge in [0.15, 0.2) is 0 Å². The maximum atomic E-state index is 12.7. The number of carboxylic acid groups (broad SMARTS) is 1. The lowest BCUT2D eigenvalue weighted by atomic mass is 9.87. The van der Waals surface area contributed by atoms with E-state index in [4.69, 9.17) is 0 Å². The molecule has 7 heteroatoms. The molecular weight excluding hydrogens is 296 g/mol. The van der Waals surface area contributed by atoms with Gasteiger partial charge in [-0.3, -0.25) is 0 Å². The first kappa shape index (κ1) is 15.7. The molecule has 0 saturated heterocycles. The first-order valence-corrected chi connectivity index (χ1v) is 5.35. The van der Waals surface area contributed by atoms with Gasteiger partial charge in [0.25, 0.3) is 0 Å². The molecule has 0 spiro atoms. The number of aliphatic carboxylic acids is 1. The van der Waals surface area contributed by atoms with Gasteiger partial charge in [0.1, 0.15) is 0 Å². The molecule has 0 unspecified atom stereocenters. The van der Waals surface area contributed by atoms with Crippen molar-refractivity contribution >= 4 is 21.9 Å². The van der Waals surface area contributed by atoms with Crippen LogP contribution in [0.1, 0.15) is 33.1 Å². The lowest BCUT2D eigenvalue weighted by molar-refractivity contribution is -0.318. The third-order valence-electron chi connectivity index (χ3n) is 2.26. The summed E-state index contributed by atoms with van der Waals surface area (Å²) < 4.78 is 50.1. The van der Waals surface area contributed by atoms with Gasteiger partial charge in [-0.05, 0) is 28.8 Å². The lowest BCUT2D eigenvalue weighted by Gasteiger charge is -2.27. The van der Waals surface area contributed by atoms with Gasteiger partial charge in [0, 0.05) is 17.8 Å². The third kappa shape index (κ3) is 4.27. The van der Waals surface area contributed by atoms with Crippen molar-refractivity contribution in [1.29, 1.82) is 0 Å². The van der Waals surface area contributed by atoms with E-state index in [9.17, 15) is 27.5 Å². The van der Waals surface area contributed by atoms with Crippen molar-refractivity contribution in [2.45, 2.75) is 43.9 Å². The minimum absolute atomic E-state index is 0.145. The van der Waals surface area contributed by atoms with E-state index in [-0.39, 0.29) is 12.8 Å². The summed E-state index contributed by atoms with van der Waals surface area (Å²) in [4.78, 5) is 6.25. The molecule has 0 atom stereocenters. The summed E-state index contributed by atoms with van der Waals surface area (Å²) in [5.41, 5.74) is -1.29. The Morgan fingerprint density at radius 1 is 1.19 bits per heavy atom. The van der Waals surface area contributed by atoms with Crippen molar-refractivity contribution in [2.24, 2.45) is 5.41 Å². The van der Waals surface area contributed by atoms with Gasteiger partial charge < -0.3 is 9.90 Å². The first-order valence-electron chi connectivity index (χ1n) is 4.56. The Labute approximate surface area is 99.1 Å². The highest BCUT2D eigenvalue weighted by atomic mass is 79.9. The van der Waals surface area contributed by atoms with E-state index >= 15 is 0 Å². The maximum absolute atomic E-state index is 12.7. The summed E-state index contributed by atoms with van der Waals surface area (Å²) in [5, 5.41) is 10.5. The minimum Gasteiger partial charge on any atom is -0.550 e. The fourth-order valence-electron chi connectivity index (χ4n) is 0.996. The Morgan fingerprint density at radius 3 is 1.94 bits per heavy atom. The van der Waals surface area contributed by atoms with E-state index in [1.807, 2.05) is 0 Å². The fourth-order valence-corrected chi connectivity index (χ4v) is 1.19.